The van der Waals surface area contributed by atoms with Crippen LogP contribution in [0, 0.1) is 0 Å². The number of aliphatic carboxylic acids is 1. The quantitative estimate of drug-likeness (QED) is 0.426. The summed E-state index contributed by atoms with van der Waals surface area (Å²) in [4.78, 5) is 47.7. The number of hydrogen-bond donors (Lipinski definition) is 3. The Labute approximate surface area is 173 Å². The molecule has 0 spiro atoms. The molecule has 11 nitrogen and oxygen atoms in total. The number of ether oxygens (including phenoxy) is 4. The van der Waals surface area contributed by atoms with Gasteiger partial charge in [-0.2, -0.15) is 0 Å². The number of carbonyl (C=O) groups is 4. The number of rotatable bonds is 11. The Morgan fingerprint density at radius 2 is 1.53 bits per heavy atom. The molecule has 0 fully saturated rings. The molecule has 0 unspecified atom stereocenters. The van der Waals surface area contributed by atoms with Gasteiger partial charge in [-0.1, -0.05) is 0 Å². The maximum absolute atomic E-state index is 12.7. The van der Waals surface area contributed by atoms with E-state index in [4.69, 9.17) is 19.3 Å². The fourth-order valence-corrected chi connectivity index (χ4v) is 2.54. The molecular formula is C19H26N2O9. The number of methoxy groups -OCH3 is 4. The normalized spacial score (nSPS) is 12.2. The minimum atomic E-state index is -1.21. The van der Waals surface area contributed by atoms with Crippen molar-refractivity contribution in [3.05, 3.63) is 17.7 Å². The van der Waals surface area contributed by atoms with E-state index in [0.717, 1.165) is 0 Å². The molecular weight excluding hydrogens is 400 g/mol. The van der Waals surface area contributed by atoms with Crippen LogP contribution in [0.25, 0.3) is 0 Å². The van der Waals surface area contributed by atoms with E-state index in [1.54, 1.807) is 0 Å². The minimum Gasteiger partial charge on any atom is -0.493 e. The molecule has 166 valence electrons. The Bertz CT molecular complexity index is 769. The lowest BCUT2D eigenvalue weighted by atomic mass is 10.1. The first kappa shape index (κ1) is 24.5. The highest BCUT2D eigenvalue weighted by Crippen LogP contribution is 2.38. The van der Waals surface area contributed by atoms with E-state index < -0.39 is 35.8 Å². The van der Waals surface area contributed by atoms with Crippen molar-refractivity contribution in [2.45, 2.75) is 31.8 Å². The van der Waals surface area contributed by atoms with Gasteiger partial charge in [0.2, 0.25) is 11.7 Å². The minimum absolute atomic E-state index is 0.0960. The van der Waals surface area contributed by atoms with Crippen molar-refractivity contribution in [3.8, 4) is 17.2 Å². The molecule has 0 aliphatic carbocycles. The Hall–Kier alpha value is -3.50. The summed E-state index contributed by atoms with van der Waals surface area (Å²) in [6, 6.07) is 0.590. The van der Waals surface area contributed by atoms with Crippen LogP contribution in [0.15, 0.2) is 12.1 Å². The van der Waals surface area contributed by atoms with E-state index in [1.165, 1.54) is 47.5 Å². The zero-order chi connectivity index (χ0) is 22.8. The second kappa shape index (κ2) is 11.5. The summed E-state index contributed by atoms with van der Waals surface area (Å²) in [5.74, 6) is -2.49. The van der Waals surface area contributed by atoms with Crippen LogP contribution in [0.1, 0.15) is 30.1 Å². The number of carboxylic acids is 1. The van der Waals surface area contributed by atoms with Gasteiger partial charge in [0.25, 0.3) is 5.91 Å². The van der Waals surface area contributed by atoms with Gasteiger partial charge in [0, 0.05) is 12.0 Å². The standard InChI is InChI=1S/C19H26N2O9/c1-10(19(26)30-5)20-18(25)12(6-7-15(22)23)21-17(24)11-8-13(27-2)16(29-4)14(9-11)28-3/h8-10,12H,6-7H2,1-5H3,(H,20,25)(H,21,24)(H,22,23)/t10-,12+/m1/s1. The van der Waals surface area contributed by atoms with Crippen molar-refractivity contribution in [3.63, 3.8) is 0 Å². The van der Waals surface area contributed by atoms with Crippen molar-refractivity contribution < 1.29 is 43.2 Å². The van der Waals surface area contributed by atoms with Crippen LogP contribution >= 0.6 is 0 Å². The predicted octanol–water partition coefficient (Wildman–Crippen LogP) is 0.353. The largest absolute Gasteiger partial charge is 0.493 e. The van der Waals surface area contributed by atoms with Crippen LogP contribution < -0.4 is 24.8 Å². The Morgan fingerprint density at radius 3 is 1.97 bits per heavy atom. The lowest BCUT2D eigenvalue weighted by Gasteiger charge is -2.20. The van der Waals surface area contributed by atoms with Gasteiger partial charge in [-0.25, -0.2) is 4.79 Å². The van der Waals surface area contributed by atoms with Gasteiger partial charge in [0.1, 0.15) is 12.1 Å². The Kier molecular flexibility index (Phi) is 9.40. The van der Waals surface area contributed by atoms with Crippen LogP contribution in [0.5, 0.6) is 17.2 Å². The summed E-state index contributed by atoms with van der Waals surface area (Å²) in [5, 5.41) is 13.8. The van der Waals surface area contributed by atoms with Gasteiger partial charge >= 0.3 is 11.9 Å². The van der Waals surface area contributed by atoms with Gasteiger partial charge in [-0.3, -0.25) is 14.4 Å². The van der Waals surface area contributed by atoms with E-state index in [0.29, 0.717) is 0 Å². The van der Waals surface area contributed by atoms with Crippen molar-refractivity contribution in [2.24, 2.45) is 0 Å². The third-order valence-corrected chi connectivity index (χ3v) is 4.11. The van der Waals surface area contributed by atoms with E-state index in [-0.39, 0.29) is 35.7 Å². The molecule has 1 aromatic rings. The maximum Gasteiger partial charge on any atom is 0.328 e. The van der Waals surface area contributed by atoms with E-state index in [1.807, 2.05) is 0 Å². The average Bonchev–Trinajstić information content (AvgIpc) is 2.73. The maximum atomic E-state index is 12.7. The van der Waals surface area contributed by atoms with Gasteiger partial charge in [-0.15, -0.1) is 0 Å². The summed E-state index contributed by atoms with van der Waals surface area (Å²) in [6.07, 6.45) is -0.564. The number of carboxylic acid groups (broad SMARTS) is 1. The molecule has 0 saturated heterocycles. The van der Waals surface area contributed by atoms with Crippen LogP contribution in [-0.4, -0.2) is 69.4 Å². The van der Waals surface area contributed by atoms with E-state index in [2.05, 4.69) is 15.4 Å². The second-order valence-corrected chi connectivity index (χ2v) is 6.13. The number of esters is 1. The zero-order valence-electron chi connectivity index (χ0n) is 17.4. The lowest BCUT2D eigenvalue weighted by Crippen LogP contribution is -2.51. The van der Waals surface area contributed by atoms with E-state index in [9.17, 15) is 19.2 Å². The molecule has 1 aromatic carbocycles. The van der Waals surface area contributed by atoms with Crippen molar-refractivity contribution in [1.29, 1.82) is 0 Å². The molecule has 0 bridgehead atoms. The van der Waals surface area contributed by atoms with Crippen molar-refractivity contribution in [2.75, 3.05) is 28.4 Å². The third kappa shape index (κ3) is 6.54. The summed E-state index contributed by atoms with van der Waals surface area (Å²) in [7, 11) is 5.35. The van der Waals surface area contributed by atoms with Crippen LogP contribution in [0.3, 0.4) is 0 Å². The highest BCUT2D eigenvalue weighted by molar-refractivity contribution is 5.99. The van der Waals surface area contributed by atoms with Crippen LogP contribution in [0.4, 0.5) is 0 Å². The Balaban J connectivity index is 3.10. The molecule has 0 radical (unpaired) electrons. The summed E-state index contributed by atoms with van der Waals surface area (Å²) < 4.78 is 20.1. The van der Waals surface area contributed by atoms with Gasteiger partial charge in [0.05, 0.1) is 28.4 Å². The fourth-order valence-electron chi connectivity index (χ4n) is 2.54. The number of nitrogens with one attached hydrogen (secondary N) is 2. The molecule has 3 N–H and O–H groups in total. The average molecular weight is 426 g/mol. The first-order chi connectivity index (χ1) is 14.2. The van der Waals surface area contributed by atoms with Crippen LogP contribution in [0.2, 0.25) is 0 Å². The van der Waals surface area contributed by atoms with Gasteiger partial charge in [0.15, 0.2) is 11.5 Å². The molecule has 2 atom stereocenters. The zero-order valence-corrected chi connectivity index (χ0v) is 17.4. The number of hydrogen-bond acceptors (Lipinski definition) is 8. The number of carbonyl (C=O) groups excluding carboxylic acids is 3. The van der Waals surface area contributed by atoms with E-state index >= 15 is 0 Å². The van der Waals surface area contributed by atoms with Gasteiger partial charge < -0.3 is 34.7 Å². The lowest BCUT2D eigenvalue weighted by molar-refractivity contribution is -0.145. The van der Waals surface area contributed by atoms with Gasteiger partial charge in [-0.05, 0) is 25.5 Å². The highest BCUT2D eigenvalue weighted by Gasteiger charge is 2.26. The number of amides is 2. The molecule has 0 aliphatic rings. The summed E-state index contributed by atoms with van der Waals surface area (Å²) in [6.45, 7) is 1.40. The van der Waals surface area contributed by atoms with Crippen molar-refractivity contribution in [1.82, 2.24) is 10.6 Å². The molecule has 2 amide bonds. The van der Waals surface area contributed by atoms with Crippen LogP contribution in [-0.2, 0) is 19.1 Å². The molecule has 30 heavy (non-hydrogen) atoms. The molecule has 0 heterocycles. The Morgan fingerprint density at radius 1 is 0.967 bits per heavy atom. The summed E-state index contributed by atoms with van der Waals surface area (Å²) in [5.41, 5.74) is 0.0960. The summed E-state index contributed by atoms with van der Waals surface area (Å²) >= 11 is 0. The van der Waals surface area contributed by atoms with Crippen molar-refractivity contribution >= 4 is 23.8 Å². The molecule has 11 heteroatoms. The molecule has 0 aliphatic heterocycles. The highest BCUT2D eigenvalue weighted by atomic mass is 16.5. The third-order valence-electron chi connectivity index (χ3n) is 4.11. The first-order valence-electron chi connectivity index (χ1n) is 8.89. The second-order valence-electron chi connectivity index (χ2n) is 6.13. The molecule has 0 saturated carbocycles. The number of benzene rings is 1. The SMILES string of the molecule is COC(=O)[C@@H](C)NC(=O)[C@H](CCC(=O)O)NC(=O)c1cc(OC)c(OC)c(OC)c1. The fraction of sp³-hybridized carbons (Fsp3) is 0.474. The smallest absolute Gasteiger partial charge is 0.328 e. The topological polar surface area (TPSA) is 149 Å². The monoisotopic (exact) mass is 426 g/mol. The molecule has 0 aromatic heterocycles. The predicted molar refractivity (Wildman–Crippen MR) is 104 cm³/mol. The first-order valence-corrected chi connectivity index (χ1v) is 8.89. The molecule has 1 rings (SSSR count).